The molecule has 0 aliphatic rings. The van der Waals surface area contributed by atoms with Crippen LogP contribution in [0.15, 0.2) is 48.5 Å². The third-order valence-electron chi connectivity index (χ3n) is 2.72. The average molecular weight is 256 g/mol. The third kappa shape index (κ3) is 3.58. The molecule has 0 aromatic heterocycles. The van der Waals surface area contributed by atoms with E-state index in [1.807, 2.05) is 25.1 Å². The van der Waals surface area contributed by atoms with Gasteiger partial charge in [-0.15, -0.1) is 0 Å². The van der Waals surface area contributed by atoms with Crippen molar-refractivity contribution in [3.63, 3.8) is 0 Å². The van der Waals surface area contributed by atoms with Crippen molar-refractivity contribution in [3.8, 4) is 22.6 Å². The van der Waals surface area contributed by atoms with Gasteiger partial charge in [-0.3, -0.25) is 4.79 Å². The van der Waals surface area contributed by atoms with E-state index in [1.54, 1.807) is 30.3 Å². The first-order valence-electron chi connectivity index (χ1n) is 6.29. The van der Waals surface area contributed by atoms with Crippen LogP contribution in [0.5, 0.6) is 11.5 Å². The van der Waals surface area contributed by atoms with Gasteiger partial charge in [0, 0.05) is 6.42 Å². The minimum atomic E-state index is -0.215. The zero-order chi connectivity index (χ0) is 13.7. The highest BCUT2D eigenvalue weighted by molar-refractivity contribution is 5.73. The van der Waals surface area contributed by atoms with Crippen LogP contribution in [0.4, 0.5) is 0 Å². The van der Waals surface area contributed by atoms with Gasteiger partial charge in [-0.1, -0.05) is 31.2 Å². The molecular formula is C16H16O3. The highest BCUT2D eigenvalue weighted by Crippen LogP contribution is 2.25. The molecule has 2 aromatic carbocycles. The Hall–Kier alpha value is -2.29. The van der Waals surface area contributed by atoms with Crippen LogP contribution in [-0.2, 0) is 4.79 Å². The number of hydrogen-bond acceptors (Lipinski definition) is 3. The monoisotopic (exact) mass is 256 g/mol. The molecule has 3 nitrogen and oxygen atoms in total. The van der Waals surface area contributed by atoms with Crippen LogP contribution in [0.2, 0.25) is 0 Å². The molecule has 0 unspecified atom stereocenters. The van der Waals surface area contributed by atoms with Gasteiger partial charge in [0.25, 0.3) is 0 Å². The fraction of sp³-hybridized carbons (Fsp3) is 0.188. The molecule has 2 rings (SSSR count). The summed E-state index contributed by atoms with van der Waals surface area (Å²) in [5.41, 5.74) is 1.89. The summed E-state index contributed by atoms with van der Waals surface area (Å²) in [6.45, 7) is 1.94. The van der Waals surface area contributed by atoms with Gasteiger partial charge in [0.1, 0.15) is 11.5 Å². The lowest BCUT2D eigenvalue weighted by molar-refractivity contribution is -0.134. The van der Waals surface area contributed by atoms with Gasteiger partial charge in [-0.2, -0.15) is 0 Å². The topological polar surface area (TPSA) is 46.5 Å². The molecule has 1 N–H and O–H groups in total. The Morgan fingerprint density at radius 2 is 1.84 bits per heavy atom. The van der Waals surface area contributed by atoms with Gasteiger partial charge >= 0.3 is 5.97 Å². The fourth-order valence-corrected chi connectivity index (χ4v) is 1.79. The number of hydrogen-bond donors (Lipinski definition) is 1. The first-order chi connectivity index (χ1) is 9.19. The number of phenolic OH excluding ortho intramolecular Hbond substituents is 1. The van der Waals surface area contributed by atoms with Gasteiger partial charge in [-0.05, 0) is 41.8 Å². The molecule has 2 aromatic rings. The van der Waals surface area contributed by atoms with E-state index in [0.29, 0.717) is 12.2 Å². The summed E-state index contributed by atoms with van der Waals surface area (Å²) in [5.74, 6) is 0.561. The van der Waals surface area contributed by atoms with Crippen LogP contribution in [0, 0.1) is 0 Å². The molecular weight excluding hydrogens is 240 g/mol. The highest BCUT2D eigenvalue weighted by Gasteiger charge is 2.04. The second kappa shape index (κ2) is 6.05. The van der Waals surface area contributed by atoms with Crippen LogP contribution in [-0.4, -0.2) is 11.1 Å². The summed E-state index contributed by atoms with van der Waals surface area (Å²) in [7, 11) is 0. The van der Waals surface area contributed by atoms with E-state index in [4.69, 9.17) is 4.74 Å². The Morgan fingerprint density at radius 1 is 1.11 bits per heavy atom. The van der Waals surface area contributed by atoms with E-state index in [2.05, 4.69) is 0 Å². The second-order valence-corrected chi connectivity index (χ2v) is 4.30. The normalized spacial score (nSPS) is 10.2. The van der Waals surface area contributed by atoms with Gasteiger partial charge < -0.3 is 9.84 Å². The summed E-state index contributed by atoms with van der Waals surface area (Å²) < 4.78 is 5.18. The van der Waals surface area contributed by atoms with Crippen LogP contribution in [0.1, 0.15) is 19.8 Å². The molecule has 0 saturated heterocycles. The lowest BCUT2D eigenvalue weighted by Gasteiger charge is -2.06. The zero-order valence-corrected chi connectivity index (χ0v) is 10.8. The van der Waals surface area contributed by atoms with Crippen molar-refractivity contribution in [1.82, 2.24) is 0 Å². The van der Waals surface area contributed by atoms with Crippen molar-refractivity contribution in [2.24, 2.45) is 0 Å². The molecule has 0 heterocycles. The minimum Gasteiger partial charge on any atom is -0.508 e. The Morgan fingerprint density at radius 3 is 2.47 bits per heavy atom. The number of benzene rings is 2. The average Bonchev–Trinajstić information content (AvgIpc) is 2.40. The third-order valence-corrected chi connectivity index (χ3v) is 2.72. The van der Waals surface area contributed by atoms with Crippen LogP contribution >= 0.6 is 0 Å². The van der Waals surface area contributed by atoms with Gasteiger partial charge in [0.15, 0.2) is 0 Å². The fourth-order valence-electron chi connectivity index (χ4n) is 1.79. The Kier molecular flexibility index (Phi) is 4.18. The van der Waals surface area contributed by atoms with E-state index in [-0.39, 0.29) is 11.7 Å². The maximum atomic E-state index is 11.4. The van der Waals surface area contributed by atoms with Crippen LogP contribution in [0.3, 0.4) is 0 Å². The van der Waals surface area contributed by atoms with Crippen molar-refractivity contribution in [2.45, 2.75) is 19.8 Å². The van der Waals surface area contributed by atoms with E-state index in [1.165, 1.54) is 0 Å². The molecule has 0 spiro atoms. The van der Waals surface area contributed by atoms with Gasteiger partial charge in [0.2, 0.25) is 0 Å². The largest absolute Gasteiger partial charge is 0.508 e. The van der Waals surface area contributed by atoms with Gasteiger partial charge in [0.05, 0.1) is 0 Å². The smallest absolute Gasteiger partial charge is 0.311 e. The number of esters is 1. The maximum Gasteiger partial charge on any atom is 0.311 e. The van der Waals surface area contributed by atoms with E-state index >= 15 is 0 Å². The second-order valence-electron chi connectivity index (χ2n) is 4.30. The Balaban J connectivity index is 2.12. The summed E-state index contributed by atoms with van der Waals surface area (Å²) >= 11 is 0. The number of carbonyl (C=O) groups is 1. The summed E-state index contributed by atoms with van der Waals surface area (Å²) in [6, 6.07) is 14.3. The zero-order valence-electron chi connectivity index (χ0n) is 10.8. The van der Waals surface area contributed by atoms with Crippen molar-refractivity contribution in [3.05, 3.63) is 48.5 Å². The first-order valence-corrected chi connectivity index (χ1v) is 6.29. The predicted octanol–water partition coefficient (Wildman–Crippen LogP) is 3.76. The quantitative estimate of drug-likeness (QED) is 0.669. The number of rotatable bonds is 4. The first kappa shape index (κ1) is 13.1. The van der Waals surface area contributed by atoms with E-state index < -0.39 is 0 Å². The molecule has 0 radical (unpaired) electrons. The molecule has 0 fully saturated rings. The highest BCUT2D eigenvalue weighted by atomic mass is 16.5. The van der Waals surface area contributed by atoms with E-state index in [9.17, 15) is 9.90 Å². The molecule has 0 aliphatic heterocycles. The summed E-state index contributed by atoms with van der Waals surface area (Å²) in [5, 5.41) is 9.44. The molecule has 3 heteroatoms. The predicted molar refractivity (Wildman–Crippen MR) is 74.1 cm³/mol. The number of carbonyl (C=O) groups excluding carboxylic acids is 1. The van der Waals surface area contributed by atoms with Crippen molar-refractivity contribution in [2.75, 3.05) is 0 Å². The molecule has 0 aliphatic carbocycles. The summed E-state index contributed by atoms with van der Waals surface area (Å²) in [6.07, 6.45) is 1.20. The number of phenols is 1. The number of aromatic hydroxyl groups is 1. The van der Waals surface area contributed by atoms with Crippen molar-refractivity contribution >= 4 is 5.97 Å². The Labute approximate surface area is 112 Å². The number of ether oxygens (including phenoxy) is 1. The lowest BCUT2D eigenvalue weighted by atomic mass is 10.1. The minimum absolute atomic E-state index is 0.215. The summed E-state index contributed by atoms with van der Waals surface area (Å²) in [4.78, 5) is 11.4. The van der Waals surface area contributed by atoms with Crippen molar-refractivity contribution < 1.29 is 14.6 Å². The standard InChI is InChI=1S/C16H16O3/c1-2-4-16(18)19-15-9-7-12(8-10-15)13-5-3-6-14(17)11-13/h3,5-11,17H,2,4H2,1H3. The molecule has 0 bridgehead atoms. The molecule has 19 heavy (non-hydrogen) atoms. The SMILES string of the molecule is CCCC(=O)Oc1ccc(-c2cccc(O)c2)cc1. The molecule has 0 atom stereocenters. The molecule has 0 saturated carbocycles. The van der Waals surface area contributed by atoms with E-state index in [0.717, 1.165) is 17.5 Å². The van der Waals surface area contributed by atoms with Crippen LogP contribution < -0.4 is 4.74 Å². The van der Waals surface area contributed by atoms with Crippen LogP contribution in [0.25, 0.3) is 11.1 Å². The molecule has 0 amide bonds. The molecule has 98 valence electrons. The lowest BCUT2D eigenvalue weighted by Crippen LogP contribution is -2.06. The van der Waals surface area contributed by atoms with Gasteiger partial charge in [-0.25, -0.2) is 0 Å². The Bertz CT molecular complexity index is 558. The van der Waals surface area contributed by atoms with Crippen molar-refractivity contribution in [1.29, 1.82) is 0 Å². The maximum absolute atomic E-state index is 11.4.